The topological polar surface area (TPSA) is 92.3 Å². The SMILES string of the molecule is CC1(C)[C@@H]2CC[C@@]1(CS(=O)(=O)NCc1nc(N3CCCC3)c3cc(Cl)ccc3n1)C(=O)C2. The van der Waals surface area contributed by atoms with E-state index in [0.717, 1.165) is 49.1 Å². The van der Waals surface area contributed by atoms with Crippen molar-refractivity contribution in [1.82, 2.24) is 14.7 Å². The number of nitrogens with zero attached hydrogens (tertiary/aromatic N) is 3. The van der Waals surface area contributed by atoms with Crippen LogP contribution in [0.5, 0.6) is 0 Å². The van der Waals surface area contributed by atoms with E-state index in [9.17, 15) is 13.2 Å². The van der Waals surface area contributed by atoms with E-state index < -0.39 is 15.4 Å². The molecule has 2 atom stereocenters. The van der Waals surface area contributed by atoms with Gasteiger partial charge < -0.3 is 4.90 Å². The van der Waals surface area contributed by atoms with Gasteiger partial charge in [0, 0.05) is 35.3 Å². The van der Waals surface area contributed by atoms with E-state index in [1.165, 1.54) is 0 Å². The molecule has 3 fully saturated rings. The van der Waals surface area contributed by atoms with Crippen LogP contribution < -0.4 is 9.62 Å². The number of sulfonamides is 1. The van der Waals surface area contributed by atoms with Crippen LogP contribution in [0.2, 0.25) is 5.02 Å². The van der Waals surface area contributed by atoms with Gasteiger partial charge >= 0.3 is 0 Å². The number of aromatic nitrogens is 2. The Morgan fingerprint density at radius 1 is 1.22 bits per heavy atom. The predicted molar refractivity (Wildman–Crippen MR) is 125 cm³/mol. The summed E-state index contributed by atoms with van der Waals surface area (Å²) >= 11 is 6.21. The molecule has 1 saturated heterocycles. The lowest BCUT2D eigenvalue weighted by atomic mass is 9.70. The molecule has 0 unspecified atom stereocenters. The third-order valence-electron chi connectivity index (χ3n) is 8.12. The summed E-state index contributed by atoms with van der Waals surface area (Å²) in [6, 6.07) is 5.48. The van der Waals surface area contributed by atoms with Gasteiger partial charge in [-0.05, 0) is 55.2 Å². The standard InChI is InChI=1S/C23H29ClN4O3S/c1-22(2)15-7-8-23(22,19(29)11-15)14-32(30,31)25-13-20-26-18-6-5-16(24)12-17(18)21(27-20)28-9-3-4-10-28/h5-6,12,15,25H,3-4,7-11,13-14H2,1-2H3/t15-,23-/m1/s1. The van der Waals surface area contributed by atoms with E-state index >= 15 is 0 Å². The molecule has 5 rings (SSSR count). The molecule has 0 radical (unpaired) electrons. The molecule has 172 valence electrons. The molecule has 2 heterocycles. The van der Waals surface area contributed by atoms with Crippen LogP contribution in [0, 0.1) is 16.7 Å². The highest BCUT2D eigenvalue weighted by Gasteiger charge is 2.65. The number of Topliss-reactive ketones (excluding diaryl/α,β-unsaturated/α-hetero) is 1. The van der Waals surface area contributed by atoms with Crippen molar-refractivity contribution in [3.8, 4) is 0 Å². The highest BCUT2D eigenvalue weighted by atomic mass is 35.5. The number of ketones is 1. The normalized spacial score (nSPS) is 27.0. The minimum absolute atomic E-state index is 0.00410. The van der Waals surface area contributed by atoms with Gasteiger partial charge in [-0.3, -0.25) is 4.79 Å². The lowest BCUT2D eigenvalue weighted by Gasteiger charge is -2.36. The van der Waals surface area contributed by atoms with Crippen molar-refractivity contribution < 1.29 is 13.2 Å². The summed E-state index contributed by atoms with van der Waals surface area (Å²) in [4.78, 5) is 24.3. The van der Waals surface area contributed by atoms with E-state index in [1.807, 2.05) is 26.0 Å². The fourth-order valence-electron chi connectivity index (χ4n) is 6.04. The molecule has 9 heteroatoms. The van der Waals surface area contributed by atoms with Crippen LogP contribution in [0.25, 0.3) is 10.9 Å². The van der Waals surface area contributed by atoms with Gasteiger partial charge in [0.05, 0.1) is 17.8 Å². The zero-order valence-corrected chi connectivity index (χ0v) is 20.1. The van der Waals surface area contributed by atoms with Crippen LogP contribution in [0.1, 0.15) is 51.8 Å². The molecule has 1 N–H and O–H groups in total. The van der Waals surface area contributed by atoms with Crippen LogP contribution in [0.15, 0.2) is 18.2 Å². The number of anilines is 1. The maximum absolute atomic E-state index is 13.1. The Hall–Kier alpha value is -1.77. The Labute approximate surface area is 194 Å². The molecule has 2 aromatic rings. The molecule has 1 aromatic carbocycles. The average molecular weight is 477 g/mol. The number of hydrogen-bond donors (Lipinski definition) is 1. The minimum atomic E-state index is -3.69. The molecule has 2 aliphatic carbocycles. The average Bonchev–Trinajstić information content (AvgIpc) is 3.39. The molecule has 0 spiro atoms. The number of fused-ring (bicyclic) bond motifs is 3. The van der Waals surface area contributed by atoms with Gasteiger partial charge in [0.25, 0.3) is 0 Å². The first-order valence-electron chi connectivity index (χ1n) is 11.3. The van der Waals surface area contributed by atoms with Crippen molar-refractivity contribution in [3.05, 3.63) is 29.0 Å². The summed E-state index contributed by atoms with van der Waals surface area (Å²) in [6.45, 7) is 5.90. The maximum Gasteiger partial charge on any atom is 0.213 e. The molecule has 7 nitrogen and oxygen atoms in total. The third-order valence-corrected chi connectivity index (χ3v) is 9.81. The van der Waals surface area contributed by atoms with Crippen LogP contribution in [-0.2, 0) is 21.4 Å². The number of rotatable bonds is 6. The maximum atomic E-state index is 13.1. The lowest BCUT2D eigenvalue weighted by molar-refractivity contribution is -0.128. The summed E-state index contributed by atoms with van der Waals surface area (Å²) in [5.41, 5.74) is -0.337. The molecule has 0 amide bonds. The van der Waals surface area contributed by atoms with Gasteiger partial charge in [-0.2, -0.15) is 0 Å². The van der Waals surface area contributed by atoms with Crippen LogP contribution >= 0.6 is 11.6 Å². The summed E-state index contributed by atoms with van der Waals surface area (Å²) in [6.07, 6.45) is 4.26. The largest absolute Gasteiger partial charge is 0.356 e. The van der Waals surface area contributed by atoms with Gasteiger partial charge in [0.2, 0.25) is 10.0 Å². The Balaban J connectivity index is 1.40. The van der Waals surface area contributed by atoms with Crippen molar-refractivity contribution >= 4 is 44.1 Å². The first-order chi connectivity index (χ1) is 15.1. The van der Waals surface area contributed by atoms with E-state index in [-0.39, 0.29) is 29.4 Å². The van der Waals surface area contributed by atoms with Crippen molar-refractivity contribution in [3.63, 3.8) is 0 Å². The van der Waals surface area contributed by atoms with Gasteiger partial charge in [0.15, 0.2) is 0 Å². The number of nitrogens with one attached hydrogen (secondary N) is 1. The fourth-order valence-corrected chi connectivity index (χ4v) is 7.99. The molecule has 32 heavy (non-hydrogen) atoms. The zero-order valence-electron chi connectivity index (χ0n) is 18.5. The number of halogens is 1. The second-order valence-electron chi connectivity index (χ2n) is 10.1. The summed E-state index contributed by atoms with van der Waals surface area (Å²) < 4.78 is 28.8. The van der Waals surface area contributed by atoms with Gasteiger partial charge in [-0.15, -0.1) is 0 Å². The summed E-state index contributed by atoms with van der Waals surface area (Å²) in [5.74, 6) is 1.44. The third kappa shape index (κ3) is 3.51. The van der Waals surface area contributed by atoms with E-state index in [0.29, 0.717) is 23.7 Å². The molecular weight excluding hydrogens is 448 g/mol. The number of benzene rings is 1. The van der Waals surface area contributed by atoms with Gasteiger partial charge in [-0.25, -0.2) is 23.1 Å². The second kappa shape index (κ2) is 7.64. The summed E-state index contributed by atoms with van der Waals surface area (Å²) in [7, 11) is -3.69. The van der Waals surface area contributed by atoms with Gasteiger partial charge in [-0.1, -0.05) is 25.4 Å². The second-order valence-corrected chi connectivity index (χ2v) is 12.3. The molecule has 1 aromatic heterocycles. The van der Waals surface area contributed by atoms with Crippen LogP contribution in [0.4, 0.5) is 5.82 Å². The highest BCUT2D eigenvalue weighted by molar-refractivity contribution is 7.89. The monoisotopic (exact) mass is 476 g/mol. The Bertz CT molecular complexity index is 1190. The van der Waals surface area contributed by atoms with E-state index in [4.69, 9.17) is 16.6 Å². The Morgan fingerprint density at radius 2 is 1.97 bits per heavy atom. The van der Waals surface area contributed by atoms with Crippen molar-refractivity contribution in [2.24, 2.45) is 16.7 Å². The minimum Gasteiger partial charge on any atom is -0.356 e. The molecule has 2 saturated carbocycles. The fraction of sp³-hybridized carbons (Fsp3) is 0.609. The van der Waals surface area contributed by atoms with Crippen molar-refractivity contribution in [2.45, 2.75) is 52.5 Å². The molecular formula is C23H29ClN4O3S. The first kappa shape index (κ1) is 22.0. The molecule has 3 aliphatic rings. The number of carbonyl (C=O) groups is 1. The van der Waals surface area contributed by atoms with E-state index in [2.05, 4.69) is 14.6 Å². The van der Waals surface area contributed by atoms with Crippen molar-refractivity contribution in [1.29, 1.82) is 0 Å². The predicted octanol–water partition coefficient (Wildman–Crippen LogP) is 3.70. The Morgan fingerprint density at radius 3 is 2.62 bits per heavy atom. The van der Waals surface area contributed by atoms with E-state index in [1.54, 1.807) is 6.07 Å². The van der Waals surface area contributed by atoms with Crippen LogP contribution in [0.3, 0.4) is 0 Å². The van der Waals surface area contributed by atoms with Gasteiger partial charge in [0.1, 0.15) is 17.4 Å². The first-order valence-corrected chi connectivity index (χ1v) is 13.4. The number of carbonyl (C=O) groups excluding carboxylic acids is 1. The lowest BCUT2D eigenvalue weighted by Crippen LogP contribution is -2.45. The molecule has 2 bridgehead atoms. The quantitative estimate of drug-likeness (QED) is 0.683. The van der Waals surface area contributed by atoms with Crippen LogP contribution in [-0.4, -0.2) is 43.0 Å². The highest BCUT2D eigenvalue weighted by Crippen LogP contribution is 2.64. The zero-order chi connectivity index (χ0) is 22.7. The summed E-state index contributed by atoms with van der Waals surface area (Å²) in [5, 5.41) is 1.49. The molecule has 1 aliphatic heterocycles. The van der Waals surface area contributed by atoms with Crippen molar-refractivity contribution in [2.75, 3.05) is 23.7 Å². The Kier molecular flexibility index (Phi) is 5.26. The number of hydrogen-bond acceptors (Lipinski definition) is 6. The smallest absolute Gasteiger partial charge is 0.213 e.